The summed E-state index contributed by atoms with van der Waals surface area (Å²) in [7, 11) is -3.48. The van der Waals surface area contributed by atoms with Crippen molar-refractivity contribution in [1.29, 1.82) is 0 Å². The van der Waals surface area contributed by atoms with Crippen LogP contribution in [0.25, 0.3) is 0 Å². The molecule has 20 heavy (non-hydrogen) atoms. The van der Waals surface area contributed by atoms with Crippen molar-refractivity contribution in [2.45, 2.75) is 16.7 Å². The molecule has 1 atom stereocenters. The highest BCUT2D eigenvalue weighted by atomic mass is 79.9. The molecule has 1 saturated heterocycles. The molecular weight excluding hydrogens is 380 g/mol. The van der Waals surface area contributed by atoms with Gasteiger partial charge in [-0.25, -0.2) is 13.1 Å². The van der Waals surface area contributed by atoms with Crippen molar-refractivity contribution in [3.63, 3.8) is 0 Å². The lowest BCUT2D eigenvalue weighted by Gasteiger charge is -2.21. The molecule has 2 rings (SSSR count). The second-order valence-corrected chi connectivity index (χ2v) is 9.54. The van der Waals surface area contributed by atoms with E-state index < -0.39 is 10.0 Å². The van der Waals surface area contributed by atoms with Crippen LogP contribution in [0.4, 0.5) is 0 Å². The largest absolute Gasteiger partial charge is 0.326 e. The lowest BCUT2D eigenvalue weighted by atomic mass is 10.2. The summed E-state index contributed by atoms with van der Waals surface area (Å²) in [5, 5.41) is 0.352. The fourth-order valence-electron chi connectivity index (χ4n) is 1.82. The first-order valence-corrected chi connectivity index (χ1v) is 10.7. The van der Waals surface area contributed by atoms with Gasteiger partial charge in [-0.2, -0.15) is 23.5 Å². The smallest absolute Gasteiger partial charge is 0.241 e. The van der Waals surface area contributed by atoms with Gasteiger partial charge in [0.05, 0.1) is 4.90 Å². The van der Waals surface area contributed by atoms with Crippen LogP contribution in [-0.2, 0) is 16.6 Å². The summed E-state index contributed by atoms with van der Waals surface area (Å²) in [4.78, 5) is 0.267. The summed E-state index contributed by atoms with van der Waals surface area (Å²) < 4.78 is 27.9. The first kappa shape index (κ1) is 16.6. The Hall–Kier alpha value is 0.270. The predicted octanol–water partition coefficient (Wildman–Crippen LogP) is 2.03. The van der Waals surface area contributed by atoms with Gasteiger partial charge < -0.3 is 5.73 Å². The van der Waals surface area contributed by atoms with Crippen molar-refractivity contribution in [2.75, 3.05) is 23.8 Å². The van der Waals surface area contributed by atoms with Gasteiger partial charge in [-0.15, -0.1) is 0 Å². The Morgan fingerprint density at radius 2 is 2.20 bits per heavy atom. The molecule has 8 heteroatoms. The molecular formula is C12H17BrN2O2S3. The van der Waals surface area contributed by atoms with Gasteiger partial charge in [-0.3, -0.25) is 0 Å². The molecule has 1 aromatic rings. The second-order valence-electron chi connectivity index (χ2n) is 4.39. The van der Waals surface area contributed by atoms with Crippen molar-refractivity contribution in [3.8, 4) is 0 Å². The summed E-state index contributed by atoms with van der Waals surface area (Å²) >= 11 is 7.02. The van der Waals surface area contributed by atoms with Gasteiger partial charge in [0.15, 0.2) is 0 Å². The van der Waals surface area contributed by atoms with E-state index in [1.54, 1.807) is 18.2 Å². The van der Waals surface area contributed by atoms with Crippen LogP contribution in [0.1, 0.15) is 5.56 Å². The van der Waals surface area contributed by atoms with Gasteiger partial charge in [0.2, 0.25) is 10.0 Å². The Bertz CT molecular complexity index is 560. The van der Waals surface area contributed by atoms with Crippen LogP contribution in [-0.4, -0.2) is 37.5 Å². The highest BCUT2D eigenvalue weighted by Crippen LogP contribution is 2.25. The summed E-state index contributed by atoms with van der Waals surface area (Å²) in [5.74, 6) is 3.24. The molecule has 0 aliphatic carbocycles. The van der Waals surface area contributed by atoms with E-state index in [0.29, 0.717) is 22.8 Å². The molecule has 1 aliphatic heterocycles. The molecule has 1 fully saturated rings. The van der Waals surface area contributed by atoms with Gasteiger partial charge in [0.1, 0.15) is 0 Å². The topological polar surface area (TPSA) is 72.2 Å². The van der Waals surface area contributed by atoms with Crippen molar-refractivity contribution in [2.24, 2.45) is 5.73 Å². The van der Waals surface area contributed by atoms with Gasteiger partial charge >= 0.3 is 0 Å². The monoisotopic (exact) mass is 396 g/mol. The lowest BCUT2D eigenvalue weighted by Crippen LogP contribution is -2.33. The Balaban J connectivity index is 2.05. The summed E-state index contributed by atoms with van der Waals surface area (Å²) in [6.45, 7) is 0.868. The average molecular weight is 397 g/mol. The summed E-state index contributed by atoms with van der Waals surface area (Å²) in [6, 6.07) is 5.09. The van der Waals surface area contributed by atoms with Crippen LogP contribution in [0.5, 0.6) is 0 Å². The van der Waals surface area contributed by atoms with E-state index in [1.165, 1.54) is 0 Å². The number of benzene rings is 1. The zero-order valence-corrected chi connectivity index (χ0v) is 14.9. The third-order valence-electron chi connectivity index (χ3n) is 2.91. The molecule has 0 aromatic heterocycles. The van der Waals surface area contributed by atoms with Crippen molar-refractivity contribution < 1.29 is 8.42 Å². The molecule has 0 radical (unpaired) electrons. The van der Waals surface area contributed by atoms with Crippen LogP contribution in [0, 0.1) is 0 Å². The van der Waals surface area contributed by atoms with Gasteiger partial charge in [-0.05, 0) is 33.6 Å². The van der Waals surface area contributed by atoms with Crippen LogP contribution < -0.4 is 10.5 Å². The third-order valence-corrected chi connectivity index (χ3v) is 8.15. The SMILES string of the molecule is NCc1ccc(S(=O)(=O)NCC2CSCCS2)c(Br)c1. The highest BCUT2D eigenvalue weighted by Gasteiger charge is 2.21. The molecule has 0 bridgehead atoms. The Labute approximate surface area is 136 Å². The maximum Gasteiger partial charge on any atom is 0.241 e. The number of nitrogens with one attached hydrogen (secondary N) is 1. The van der Waals surface area contributed by atoms with E-state index in [1.807, 2.05) is 23.5 Å². The van der Waals surface area contributed by atoms with Gasteiger partial charge in [0, 0.05) is 40.1 Å². The van der Waals surface area contributed by atoms with Crippen LogP contribution in [0.3, 0.4) is 0 Å². The van der Waals surface area contributed by atoms with E-state index in [-0.39, 0.29) is 4.90 Å². The van der Waals surface area contributed by atoms with Gasteiger partial charge in [-0.1, -0.05) is 6.07 Å². The number of sulfonamides is 1. The van der Waals surface area contributed by atoms with E-state index >= 15 is 0 Å². The fourth-order valence-corrected chi connectivity index (χ4v) is 6.75. The minimum absolute atomic E-state index is 0.267. The number of hydrogen-bond acceptors (Lipinski definition) is 5. The first-order chi connectivity index (χ1) is 9.53. The number of nitrogens with two attached hydrogens (primary N) is 1. The number of hydrogen-bond donors (Lipinski definition) is 2. The molecule has 3 N–H and O–H groups in total. The number of thioether (sulfide) groups is 2. The first-order valence-electron chi connectivity index (χ1n) is 6.20. The second kappa shape index (κ2) is 7.51. The predicted molar refractivity (Wildman–Crippen MR) is 90.8 cm³/mol. The van der Waals surface area contributed by atoms with E-state index in [9.17, 15) is 8.42 Å². The molecule has 4 nitrogen and oxygen atoms in total. The maximum atomic E-state index is 12.3. The van der Waals surface area contributed by atoms with E-state index in [2.05, 4.69) is 20.7 Å². The normalized spacial score (nSPS) is 20.0. The Morgan fingerprint density at radius 1 is 1.40 bits per heavy atom. The lowest BCUT2D eigenvalue weighted by molar-refractivity contribution is 0.581. The molecule has 1 aromatic carbocycles. The Kier molecular flexibility index (Phi) is 6.25. The summed E-state index contributed by atoms with van der Waals surface area (Å²) in [5.41, 5.74) is 6.44. The quantitative estimate of drug-likeness (QED) is 0.796. The van der Waals surface area contributed by atoms with Crippen LogP contribution in [0.15, 0.2) is 27.6 Å². The third kappa shape index (κ3) is 4.38. The molecule has 0 saturated carbocycles. The van der Waals surface area contributed by atoms with Crippen LogP contribution in [0.2, 0.25) is 0 Å². The van der Waals surface area contributed by atoms with Gasteiger partial charge in [0.25, 0.3) is 0 Å². The minimum Gasteiger partial charge on any atom is -0.326 e. The van der Waals surface area contributed by atoms with Crippen molar-refractivity contribution >= 4 is 49.5 Å². The van der Waals surface area contributed by atoms with E-state index in [0.717, 1.165) is 22.8 Å². The molecule has 1 heterocycles. The molecule has 0 amide bonds. The van der Waals surface area contributed by atoms with Crippen molar-refractivity contribution in [3.05, 3.63) is 28.2 Å². The average Bonchev–Trinajstić information content (AvgIpc) is 2.46. The molecule has 0 spiro atoms. The molecule has 112 valence electrons. The zero-order chi connectivity index (χ0) is 14.6. The molecule has 1 unspecified atom stereocenters. The fraction of sp³-hybridized carbons (Fsp3) is 0.500. The minimum atomic E-state index is -3.48. The number of rotatable bonds is 5. The standard InChI is InChI=1S/C12H17BrN2O2S3/c13-11-5-9(6-14)1-2-12(11)20(16,17)15-7-10-8-18-3-4-19-10/h1-2,5,10,15H,3-4,6-8,14H2. The van der Waals surface area contributed by atoms with E-state index in [4.69, 9.17) is 5.73 Å². The maximum absolute atomic E-state index is 12.3. The zero-order valence-electron chi connectivity index (χ0n) is 10.8. The Morgan fingerprint density at radius 3 is 2.80 bits per heavy atom. The summed E-state index contributed by atoms with van der Waals surface area (Å²) in [6.07, 6.45) is 0. The highest BCUT2D eigenvalue weighted by molar-refractivity contribution is 9.10. The number of halogens is 1. The van der Waals surface area contributed by atoms with Crippen molar-refractivity contribution in [1.82, 2.24) is 4.72 Å². The van der Waals surface area contributed by atoms with Crippen LogP contribution >= 0.6 is 39.5 Å². The molecule has 1 aliphatic rings.